The lowest BCUT2D eigenvalue weighted by molar-refractivity contribution is -0.135. The number of nitrogens with zero attached hydrogens (tertiary/aromatic N) is 1. The minimum absolute atomic E-state index is 0.0786. The Balaban J connectivity index is 1.58. The topological polar surface area (TPSA) is 92.5 Å². The van der Waals surface area contributed by atoms with Crippen LogP contribution in [0.4, 0.5) is 5.69 Å². The summed E-state index contributed by atoms with van der Waals surface area (Å²) >= 11 is 0. The van der Waals surface area contributed by atoms with Crippen molar-refractivity contribution < 1.29 is 14.4 Å². The molecule has 0 spiro atoms. The Hall–Kier alpha value is -2.37. The van der Waals surface area contributed by atoms with Crippen LogP contribution in [-0.4, -0.2) is 35.7 Å². The molecule has 1 aliphatic heterocycles. The first-order valence-electron chi connectivity index (χ1n) is 8.04. The Morgan fingerprint density at radius 1 is 1.04 bits per heavy atom. The third kappa shape index (κ3) is 3.70. The van der Waals surface area contributed by atoms with E-state index in [-0.39, 0.29) is 23.7 Å². The lowest BCUT2D eigenvalue weighted by Gasteiger charge is -2.32. The maximum Gasteiger partial charge on any atom is 0.248 e. The van der Waals surface area contributed by atoms with Crippen molar-refractivity contribution in [1.29, 1.82) is 0 Å². The zero-order valence-corrected chi connectivity index (χ0v) is 13.0. The van der Waals surface area contributed by atoms with Crippen LogP contribution in [0.2, 0.25) is 0 Å². The molecule has 1 heterocycles. The second-order valence-electron chi connectivity index (χ2n) is 6.33. The van der Waals surface area contributed by atoms with Crippen LogP contribution in [0.5, 0.6) is 0 Å². The lowest BCUT2D eigenvalue weighted by Crippen LogP contribution is -2.44. The monoisotopic (exact) mass is 315 g/mol. The summed E-state index contributed by atoms with van der Waals surface area (Å²) < 4.78 is 0. The fourth-order valence-electron chi connectivity index (χ4n) is 2.94. The molecule has 23 heavy (non-hydrogen) atoms. The molecule has 1 aromatic rings. The molecule has 1 atom stereocenters. The van der Waals surface area contributed by atoms with Crippen molar-refractivity contribution >= 4 is 23.4 Å². The average molecular weight is 315 g/mol. The van der Waals surface area contributed by atoms with Gasteiger partial charge in [0.05, 0.1) is 5.92 Å². The van der Waals surface area contributed by atoms with Gasteiger partial charge in [-0.25, -0.2) is 0 Å². The molecule has 6 heteroatoms. The maximum absolute atomic E-state index is 12.4. The summed E-state index contributed by atoms with van der Waals surface area (Å²) in [5.41, 5.74) is 6.23. The number of amides is 3. The van der Waals surface area contributed by atoms with Gasteiger partial charge in [-0.1, -0.05) is 0 Å². The molecule has 2 aliphatic rings. The largest absolute Gasteiger partial charge is 0.366 e. The van der Waals surface area contributed by atoms with Crippen molar-refractivity contribution in [2.24, 2.45) is 17.6 Å². The standard InChI is InChI=1S/C17H21N3O3/c18-15(21)11-5-7-14(8-6-11)19-16(22)13-2-1-9-20(10-13)17(23)12-3-4-12/h5-8,12-13H,1-4,9-10H2,(H2,18,21)(H,19,22). The summed E-state index contributed by atoms with van der Waals surface area (Å²) in [6.07, 6.45) is 3.62. The third-order valence-corrected chi connectivity index (χ3v) is 4.47. The smallest absolute Gasteiger partial charge is 0.248 e. The molecule has 0 radical (unpaired) electrons. The van der Waals surface area contributed by atoms with Gasteiger partial charge < -0.3 is 16.0 Å². The predicted molar refractivity (Wildman–Crippen MR) is 85.6 cm³/mol. The van der Waals surface area contributed by atoms with E-state index in [1.807, 2.05) is 4.90 Å². The number of benzene rings is 1. The van der Waals surface area contributed by atoms with Gasteiger partial charge in [-0.2, -0.15) is 0 Å². The number of hydrogen-bond donors (Lipinski definition) is 2. The fraction of sp³-hybridized carbons (Fsp3) is 0.471. The summed E-state index contributed by atoms with van der Waals surface area (Å²) in [6.45, 7) is 1.26. The van der Waals surface area contributed by atoms with Gasteiger partial charge in [0.15, 0.2) is 0 Å². The van der Waals surface area contributed by atoms with Gasteiger partial charge in [-0.05, 0) is 49.9 Å². The van der Waals surface area contributed by atoms with Gasteiger partial charge in [-0.15, -0.1) is 0 Å². The highest BCUT2D eigenvalue weighted by atomic mass is 16.2. The van der Waals surface area contributed by atoms with Crippen LogP contribution < -0.4 is 11.1 Å². The van der Waals surface area contributed by atoms with E-state index in [0.29, 0.717) is 17.8 Å². The molecule has 1 aromatic carbocycles. The Morgan fingerprint density at radius 2 is 1.74 bits per heavy atom. The van der Waals surface area contributed by atoms with E-state index in [1.165, 1.54) is 0 Å². The Bertz CT molecular complexity index is 622. The minimum Gasteiger partial charge on any atom is -0.366 e. The number of carbonyl (C=O) groups is 3. The van der Waals surface area contributed by atoms with E-state index in [1.54, 1.807) is 24.3 Å². The highest BCUT2D eigenvalue weighted by molar-refractivity contribution is 5.95. The molecule has 3 rings (SSSR count). The normalized spacial score (nSPS) is 20.9. The highest BCUT2D eigenvalue weighted by Crippen LogP contribution is 2.32. The van der Waals surface area contributed by atoms with Crippen molar-refractivity contribution in [1.82, 2.24) is 4.90 Å². The number of nitrogens with one attached hydrogen (secondary N) is 1. The van der Waals surface area contributed by atoms with E-state index in [9.17, 15) is 14.4 Å². The molecule has 2 fully saturated rings. The molecule has 1 saturated carbocycles. The van der Waals surface area contributed by atoms with Crippen LogP contribution in [0.3, 0.4) is 0 Å². The van der Waals surface area contributed by atoms with E-state index in [0.717, 1.165) is 32.2 Å². The van der Waals surface area contributed by atoms with Crippen LogP contribution in [0.25, 0.3) is 0 Å². The third-order valence-electron chi connectivity index (χ3n) is 4.47. The van der Waals surface area contributed by atoms with E-state index in [4.69, 9.17) is 5.73 Å². The first kappa shape index (κ1) is 15.5. The SMILES string of the molecule is NC(=O)c1ccc(NC(=O)C2CCCN(C(=O)C3CC3)C2)cc1. The van der Waals surface area contributed by atoms with Crippen molar-refractivity contribution in [2.75, 3.05) is 18.4 Å². The number of primary amides is 1. The number of hydrogen-bond acceptors (Lipinski definition) is 3. The summed E-state index contributed by atoms with van der Waals surface area (Å²) in [6, 6.07) is 6.49. The maximum atomic E-state index is 12.4. The molecule has 0 aromatic heterocycles. The van der Waals surface area contributed by atoms with Crippen molar-refractivity contribution in [3.8, 4) is 0 Å². The molecule has 0 bridgehead atoms. The molecule has 6 nitrogen and oxygen atoms in total. The van der Waals surface area contributed by atoms with Crippen molar-refractivity contribution in [2.45, 2.75) is 25.7 Å². The van der Waals surface area contributed by atoms with Gasteiger partial charge >= 0.3 is 0 Å². The summed E-state index contributed by atoms with van der Waals surface area (Å²) in [5, 5.41) is 2.85. The number of anilines is 1. The summed E-state index contributed by atoms with van der Waals surface area (Å²) in [7, 11) is 0. The Kier molecular flexibility index (Phi) is 4.32. The van der Waals surface area contributed by atoms with Crippen LogP contribution in [-0.2, 0) is 9.59 Å². The predicted octanol–water partition coefficient (Wildman–Crippen LogP) is 1.37. The number of carbonyl (C=O) groups excluding carboxylic acids is 3. The van der Waals surface area contributed by atoms with E-state index >= 15 is 0 Å². The van der Waals surface area contributed by atoms with Gasteiger partial charge in [0, 0.05) is 30.3 Å². The van der Waals surface area contributed by atoms with E-state index in [2.05, 4.69) is 5.32 Å². The zero-order chi connectivity index (χ0) is 16.4. The van der Waals surface area contributed by atoms with Crippen LogP contribution >= 0.6 is 0 Å². The van der Waals surface area contributed by atoms with Crippen molar-refractivity contribution in [3.63, 3.8) is 0 Å². The van der Waals surface area contributed by atoms with Gasteiger partial charge in [0.1, 0.15) is 0 Å². The molecule has 1 saturated heterocycles. The molecule has 3 amide bonds. The van der Waals surface area contributed by atoms with Gasteiger partial charge in [0.2, 0.25) is 17.7 Å². The first-order valence-corrected chi connectivity index (χ1v) is 8.04. The van der Waals surface area contributed by atoms with Crippen LogP contribution in [0.1, 0.15) is 36.0 Å². The molecule has 1 unspecified atom stereocenters. The second kappa shape index (κ2) is 6.40. The molecule has 3 N–H and O–H groups in total. The van der Waals surface area contributed by atoms with Crippen LogP contribution in [0.15, 0.2) is 24.3 Å². The van der Waals surface area contributed by atoms with Crippen LogP contribution in [0, 0.1) is 11.8 Å². The first-order chi connectivity index (χ1) is 11.0. The molecular weight excluding hydrogens is 294 g/mol. The van der Waals surface area contributed by atoms with E-state index < -0.39 is 5.91 Å². The quantitative estimate of drug-likeness (QED) is 0.879. The highest BCUT2D eigenvalue weighted by Gasteiger charge is 2.36. The average Bonchev–Trinajstić information content (AvgIpc) is 3.39. The molecule has 122 valence electrons. The Labute approximate surface area is 135 Å². The van der Waals surface area contributed by atoms with Gasteiger partial charge in [0.25, 0.3) is 0 Å². The summed E-state index contributed by atoms with van der Waals surface area (Å²) in [5.74, 6) is -0.358. The lowest BCUT2D eigenvalue weighted by atomic mass is 9.96. The number of likely N-dealkylation sites (tertiary alicyclic amines) is 1. The fourth-order valence-corrected chi connectivity index (χ4v) is 2.94. The second-order valence-corrected chi connectivity index (χ2v) is 6.33. The number of piperidine rings is 1. The van der Waals surface area contributed by atoms with Gasteiger partial charge in [-0.3, -0.25) is 14.4 Å². The number of nitrogens with two attached hydrogens (primary N) is 1. The van der Waals surface area contributed by atoms with Crippen molar-refractivity contribution in [3.05, 3.63) is 29.8 Å². The summed E-state index contributed by atoms with van der Waals surface area (Å²) in [4.78, 5) is 37.4. The molecular formula is C17H21N3O3. The minimum atomic E-state index is -0.496. The number of rotatable bonds is 4. The molecule has 1 aliphatic carbocycles. The zero-order valence-electron chi connectivity index (χ0n) is 13.0. The Morgan fingerprint density at radius 3 is 2.35 bits per heavy atom.